The van der Waals surface area contributed by atoms with Crippen LogP contribution in [0.1, 0.15) is 20.3 Å². The molecule has 0 spiro atoms. The van der Waals surface area contributed by atoms with Crippen LogP contribution in [0.5, 0.6) is 0 Å². The van der Waals surface area contributed by atoms with E-state index in [4.69, 9.17) is 4.74 Å². The minimum absolute atomic E-state index is 0.741. The van der Waals surface area contributed by atoms with Gasteiger partial charge in [-0.3, -0.25) is 5.43 Å². The van der Waals surface area contributed by atoms with Crippen LogP contribution in [0.3, 0.4) is 0 Å². The van der Waals surface area contributed by atoms with Crippen molar-refractivity contribution in [2.24, 2.45) is 5.92 Å². The molecule has 0 saturated carbocycles. The first-order valence-corrected chi connectivity index (χ1v) is 6.43. The van der Waals surface area contributed by atoms with E-state index >= 15 is 0 Å². The molecule has 1 aliphatic heterocycles. The highest BCUT2D eigenvalue weighted by molar-refractivity contribution is 4.65. The lowest BCUT2D eigenvalue weighted by Gasteiger charge is -2.32. The normalized spacial score (nSPS) is 19.5. The van der Waals surface area contributed by atoms with Gasteiger partial charge in [-0.25, -0.2) is 5.01 Å². The zero-order valence-corrected chi connectivity index (χ0v) is 11.0. The van der Waals surface area contributed by atoms with Gasteiger partial charge in [-0.05, 0) is 19.4 Å². The molecule has 0 aromatic carbocycles. The SMILES string of the molecule is CC(C)CCOCCNN1CCN(C)CC1. The van der Waals surface area contributed by atoms with Gasteiger partial charge < -0.3 is 9.64 Å². The van der Waals surface area contributed by atoms with E-state index in [1.165, 1.54) is 0 Å². The van der Waals surface area contributed by atoms with Crippen LogP contribution in [0.2, 0.25) is 0 Å². The number of hydrogen-bond donors (Lipinski definition) is 1. The molecule has 1 aliphatic rings. The van der Waals surface area contributed by atoms with Crippen LogP contribution < -0.4 is 5.43 Å². The van der Waals surface area contributed by atoms with Gasteiger partial charge in [0.15, 0.2) is 0 Å². The third kappa shape index (κ3) is 6.43. The Morgan fingerprint density at radius 2 is 1.81 bits per heavy atom. The zero-order chi connectivity index (χ0) is 11.8. The van der Waals surface area contributed by atoms with Crippen molar-refractivity contribution in [3.8, 4) is 0 Å². The summed E-state index contributed by atoms with van der Waals surface area (Å²) in [5, 5.41) is 2.30. The third-order valence-corrected chi connectivity index (χ3v) is 2.92. The Labute approximate surface area is 99.9 Å². The Morgan fingerprint density at radius 1 is 1.12 bits per heavy atom. The van der Waals surface area contributed by atoms with E-state index in [-0.39, 0.29) is 0 Å². The van der Waals surface area contributed by atoms with Gasteiger partial charge in [0.05, 0.1) is 6.61 Å². The van der Waals surface area contributed by atoms with Crippen LogP contribution in [-0.2, 0) is 4.74 Å². The van der Waals surface area contributed by atoms with E-state index in [1.807, 2.05) is 0 Å². The monoisotopic (exact) mass is 229 g/mol. The van der Waals surface area contributed by atoms with Crippen molar-refractivity contribution in [2.45, 2.75) is 20.3 Å². The lowest BCUT2D eigenvalue weighted by Crippen LogP contribution is -2.51. The van der Waals surface area contributed by atoms with Crippen molar-refractivity contribution in [1.29, 1.82) is 0 Å². The molecule has 96 valence electrons. The molecule has 1 fully saturated rings. The van der Waals surface area contributed by atoms with Crippen molar-refractivity contribution < 1.29 is 4.74 Å². The van der Waals surface area contributed by atoms with Crippen LogP contribution >= 0.6 is 0 Å². The summed E-state index contributed by atoms with van der Waals surface area (Å²) >= 11 is 0. The molecule has 1 rings (SSSR count). The highest BCUT2D eigenvalue weighted by Gasteiger charge is 2.12. The number of nitrogens with zero attached hydrogens (tertiary/aromatic N) is 2. The number of ether oxygens (including phenoxy) is 1. The number of hydrazine groups is 1. The molecule has 0 aromatic rings. The average Bonchev–Trinajstić information content (AvgIpc) is 2.25. The smallest absolute Gasteiger partial charge is 0.0604 e. The minimum atomic E-state index is 0.741. The van der Waals surface area contributed by atoms with Gasteiger partial charge >= 0.3 is 0 Å². The number of hydrogen-bond acceptors (Lipinski definition) is 4. The number of likely N-dealkylation sites (N-methyl/N-ethyl adjacent to an activating group) is 1. The van der Waals surface area contributed by atoms with Gasteiger partial charge in [0.25, 0.3) is 0 Å². The van der Waals surface area contributed by atoms with E-state index in [0.29, 0.717) is 0 Å². The van der Waals surface area contributed by atoms with Crippen LogP contribution in [0.25, 0.3) is 0 Å². The maximum atomic E-state index is 5.56. The molecule has 1 saturated heterocycles. The second-order valence-electron chi connectivity index (χ2n) is 4.99. The summed E-state index contributed by atoms with van der Waals surface area (Å²) < 4.78 is 5.56. The quantitative estimate of drug-likeness (QED) is 0.654. The lowest BCUT2D eigenvalue weighted by molar-refractivity contribution is 0.0732. The van der Waals surface area contributed by atoms with Crippen molar-refractivity contribution in [3.05, 3.63) is 0 Å². The molecular formula is C12H27N3O. The molecule has 0 bridgehead atoms. The molecule has 4 nitrogen and oxygen atoms in total. The maximum absolute atomic E-state index is 5.56. The van der Waals surface area contributed by atoms with Crippen LogP contribution in [0.15, 0.2) is 0 Å². The predicted molar refractivity (Wildman–Crippen MR) is 67.3 cm³/mol. The highest BCUT2D eigenvalue weighted by Crippen LogP contribution is 1.98. The number of rotatable bonds is 7. The second kappa shape index (κ2) is 8.01. The molecular weight excluding hydrogens is 202 g/mol. The van der Waals surface area contributed by atoms with Crippen molar-refractivity contribution in [2.75, 3.05) is 53.0 Å². The second-order valence-corrected chi connectivity index (χ2v) is 4.99. The van der Waals surface area contributed by atoms with Gasteiger partial charge in [-0.15, -0.1) is 0 Å². The van der Waals surface area contributed by atoms with E-state index in [2.05, 4.69) is 36.2 Å². The van der Waals surface area contributed by atoms with Crippen molar-refractivity contribution in [1.82, 2.24) is 15.3 Å². The maximum Gasteiger partial charge on any atom is 0.0604 e. The lowest BCUT2D eigenvalue weighted by atomic mass is 10.1. The Hall–Kier alpha value is -0.160. The summed E-state index contributed by atoms with van der Waals surface area (Å²) in [5.41, 5.74) is 3.41. The highest BCUT2D eigenvalue weighted by atomic mass is 16.5. The first-order valence-electron chi connectivity index (χ1n) is 6.43. The third-order valence-electron chi connectivity index (χ3n) is 2.92. The summed E-state index contributed by atoms with van der Waals surface area (Å²) in [7, 11) is 2.17. The van der Waals surface area contributed by atoms with Crippen LogP contribution in [-0.4, -0.2) is 62.9 Å². The largest absolute Gasteiger partial charge is 0.380 e. The molecule has 0 amide bonds. The molecule has 0 unspecified atom stereocenters. The van der Waals surface area contributed by atoms with E-state index < -0.39 is 0 Å². The summed E-state index contributed by atoms with van der Waals surface area (Å²) in [4.78, 5) is 2.36. The van der Waals surface area contributed by atoms with Crippen molar-refractivity contribution in [3.63, 3.8) is 0 Å². The molecule has 16 heavy (non-hydrogen) atoms. The predicted octanol–water partition coefficient (Wildman–Crippen LogP) is 0.801. The Bertz CT molecular complexity index is 168. The fraction of sp³-hybridized carbons (Fsp3) is 1.00. The molecule has 0 atom stereocenters. The average molecular weight is 229 g/mol. The van der Waals surface area contributed by atoms with E-state index in [1.54, 1.807) is 0 Å². The van der Waals surface area contributed by atoms with Crippen LogP contribution in [0, 0.1) is 5.92 Å². The summed E-state index contributed by atoms with van der Waals surface area (Å²) in [5.74, 6) is 0.741. The fourth-order valence-electron chi connectivity index (χ4n) is 1.66. The summed E-state index contributed by atoms with van der Waals surface area (Å²) in [6.45, 7) is 11.6. The summed E-state index contributed by atoms with van der Waals surface area (Å²) in [6, 6.07) is 0. The van der Waals surface area contributed by atoms with Crippen LogP contribution in [0.4, 0.5) is 0 Å². The van der Waals surface area contributed by atoms with Gasteiger partial charge in [-0.1, -0.05) is 13.8 Å². The molecule has 4 heteroatoms. The molecule has 0 radical (unpaired) electrons. The van der Waals surface area contributed by atoms with Gasteiger partial charge in [-0.2, -0.15) is 0 Å². The first-order chi connectivity index (χ1) is 7.68. The van der Waals surface area contributed by atoms with E-state index in [9.17, 15) is 0 Å². The minimum Gasteiger partial charge on any atom is -0.380 e. The number of nitrogens with one attached hydrogen (secondary N) is 1. The zero-order valence-electron chi connectivity index (χ0n) is 11.0. The Balaban J connectivity index is 1.87. The molecule has 0 aliphatic carbocycles. The topological polar surface area (TPSA) is 27.7 Å². The molecule has 1 N–H and O–H groups in total. The van der Waals surface area contributed by atoms with E-state index in [0.717, 1.165) is 58.3 Å². The van der Waals surface area contributed by atoms with Gasteiger partial charge in [0.2, 0.25) is 0 Å². The Kier molecular flexibility index (Phi) is 6.96. The molecule has 1 heterocycles. The van der Waals surface area contributed by atoms with Gasteiger partial charge in [0, 0.05) is 39.3 Å². The Morgan fingerprint density at radius 3 is 2.44 bits per heavy atom. The summed E-state index contributed by atoms with van der Waals surface area (Å²) in [6.07, 6.45) is 1.16. The van der Waals surface area contributed by atoms with Gasteiger partial charge in [0.1, 0.15) is 0 Å². The fourth-order valence-corrected chi connectivity index (χ4v) is 1.66. The number of piperazine rings is 1. The first kappa shape index (κ1) is 13.9. The standard InChI is InChI=1S/C12H27N3O/c1-12(2)4-10-16-11-5-13-15-8-6-14(3)7-9-15/h12-13H,4-11H2,1-3H3. The molecule has 0 aromatic heterocycles. The van der Waals surface area contributed by atoms with Crippen molar-refractivity contribution >= 4 is 0 Å².